The summed E-state index contributed by atoms with van der Waals surface area (Å²) in [5.41, 5.74) is 5.56. The molecule has 3 N–H and O–H groups in total. The predicted molar refractivity (Wildman–Crippen MR) is 58.2 cm³/mol. The minimum atomic E-state index is -4.52. The third-order valence-electron chi connectivity index (χ3n) is 2.15. The molecular formula is C9H12F3N3OS. The minimum absolute atomic E-state index is 0.163. The summed E-state index contributed by atoms with van der Waals surface area (Å²) in [6.07, 6.45) is -4.52. The van der Waals surface area contributed by atoms with E-state index in [1.165, 1.54) is 0 Å². The molecule has 1 atom stereocenters. The number of alkyl halides is 3. The summed E-state index contributed by atoms with van der Waals surface area (Å²) in [7, 11) is 0. The molecule has 1 heterocycles. The molecule has 0 aliphatic heterocycles. The van der Waals surface area contributed by atoms with Gasteiger partial charge in [0.05, 0.1) is 5.69 Å². The lowest BCUT2D eigenvalue weighted by atomic mass is 10.1. The summed E-state index contributed by atoms with van der Waals surface area (Å²) in [5.74, 6) is -2.71. The second kappa shape index (κ2) is 4.99. The number of amidine groups is 1. The van der Waals surface area contributed by atoms with Crippen molar-refractivity contribution in [3.05, 3.63) is 11.5 Å². The Balaban J connectivity index is 2.68. The van der Waals surface area contributed by atoms with Crippen molar-refractivity contribution in [2.45, 2.75) is 25.2 Å². The van der Waals surface area contributed by atoms with Gasteiger partial charge in [0.1, 0.15) is 17.5 Å². The van der Waals surface area contributed by atoms with Crippen LogP contribution in [-0.4, -0.2) is 22.7 Å². The van der Waals surface area contributed by atoms with Crippen LogP contribution in [0.4, 0.5) is 13.2 Å². The maximum absolute atomic E-state index is 12.5. The van der Waals surface area contributed by atoms with E-state index < -0.39 is 23.7 Å². The van der Waals surface area contributed by atoms with Crippen LogP contribution in [0, 0.1) is 25.2 Å². The van der Waals surface area contributed by atoms with Crippen LogP contribution in [0.1, 0.15) is 11.5 Å². The zero-order chi connectivity index (χ0) is 13.2. The van der Waals surface area contributed by atoms with Crippen LogP contribution in [0.5, 0.6) is 0 Å². The smallest absolute Gasteiger partial charge is 0.399 e. The molecule has 96 valence electrons. The van der Waals surface area contributed by atoms with Gasteiger partial charge in [-0.25, -0.2) is 4.98 Å². The summed E-state index contributed by atoms with van der Waals surface area (Å²) < 4.78 is 42.5. The number of hydrogen-bond acceptors (Lipinski definition) is 4. The van der Waals surface area contributed by atoms with Crippen molar-refractivity contribution in [2.24, 2.45) is 11.7 Å². The van der Waals surface area contributed by atoms with Crippen LogP contribution in [0.3, 0.4) is 0 Å². The number of aromatic nitrogens is 1. The summed E-state index contributed by atoms with van der Waals surface area (Å²) in [6, 6.07) is 0. The standard InChI is InChI=1S/C9H12F3N3OS/c1-4-5(2)16-8(15-4)17-3-6(7(13)14)9(10,11)12/h6H,3H2,1-2H3,(H3,13,14). The van der Waals surface area contributed by atoms with Gasteiger partial charge in [0, 0.05) is 5.75 Å². The van der Waals surface area contributed by atoms with E-state index in [1.54, 1.807) is 13.8 Å². The minimum Gasteiger partial charge on any atom is -0.437 e. The van der Waals surface area contributed by atoms with E-state index in [4.69, 9.17) is 15.6 Å². The Morgan fingerprint density at radius 3 is 2.47 bits per heavy atom. The molecule has 0 fully saturated rings. The van der Waals surface area contributed by atoms with E-state index in [1.807, 2.05) is 0 Å². The molecule has 0 bridgehead atoms. The Morgan fingerprint density at radius 2 is 2.12 bits per heavy atom. The van der Waals surface area contributed by atoms with Gasteiger partial charge in [0.2, 0.25) is 0 Å². The van der Waals surface area contributed by atoms with Crippen LogP contribution in [0.2, 0.25) is 0 Å². The average Bonchev–Trinajstić information content (AvgIpc) is 2.43. The summed E-state index contributed by atoms with van der Waals surface area (Å²) in [5, 5.41) is 7.08. The largest absolute Gasteiger partial charge is 0.437 e. The lowest BCUT2D eigenvalue weighted by Gasteiger charge is -2.17. The highest BCUT2D eigenvalue weighted by molar-refractivity contribution is 7.99. The van der Waals surface area contributed by atoms with Gasteiger partial charge < -0.3 is 10.2 Å². The van der Waals surface area contributed by atoms with Crippen LogP contribution in [0.15, 0.2) is 9.64 Å². The first-order chi connectivity index (χ1) is 7.71. The quantitative estimate of drug-likeness (QED) is 0.499. The number of oxazole rings is 1. The maximum atomic E-state index is 12.5. The van der Waals surface area contributed by atoms with Crippen molar-refractivity contribution in [1.29, 1.82) is 5.41 Å². The van der Waals surface area contributed by atoms with Gasteiger partial charge in [0.15, 0.2) is 0 Å². The first kappa shape index (κ1) is 13.9. The highest BCUT2D eigenvalue weighted by Crippen LogP contribution is 2.31. The van der Waals surface area contributed by atoms with Crippen molar-refractivity contribution in [1.82, 2.24) is 4.98 Å². The Labute approximate surface area is 100 Å². The zero-order valence-corrected chi connectivity index (χ0v) is 10.1. The van der Waals surface area contributed by atoms with Crippen molar-refractivity contribution in [3.8, 4) is 0 Å². The molecule has 0 radical (unpaired) electrons. The van der Waals surface area contributed by atoms with Gasteiger partial charge in [0.25, 0.3) is 5.22 Å². The Hall–Kier alpha value is -1.18. The Bertz CT molecular complexity index is 397. The summed E-state index contributed by atoms with van der Waals surface area (Å²) in [4.78, 5) is 3.94. The fourth-order valence-corrected chi connectivity index (χ4v) is 2.08. The van der Waals surface area contributed by atoms with Gasteiger partial charge in [-0.2, -0.15) is 13.2 Å². The molecular weight excluding hydrogens is 255 g/mol. The molecule has 0 amide bonds. The average molecular weight is 267 g/mol. The third kappa shape index (κ3) is 3.65. The van der Waals surface area contributed by atoms with Crippen molar-refractivity contribution in [3.63, 3.8) is 0 Å². The van der Waals surface area contributed by atoms with Crippen molar-refractivity contribution in [2.75, 3.05) is 5.75 Å². The highest BCUT2D eigenvalue weighted by atomic mass is 32.2. The van der Waals surface area contributed by atoms with Crippen LogP contribution >= 0.6 is 11.8 Å². The number of rotatable bonds is 4. The number of aryl methyl sites for hydroxylation is 2. The van der Waals surface area contributed by atoms with Gasteiger partial charge in [-0.15, -0.1) is 0 Å². The lowest BCUT2D eigenvalue weighted by molar-refractivity contribution is -0.150. The summed E-state index contributed by atoms with van der Waals surface area (Å²) in [6.45, 7) is 3.38. The van der Waals surface area contributed by atoms with Crippen LogP contribution in [0.25, 0.3) is 0 Å². The van der Waals surface area contributed by atoms with E-state index in [2.05, 4.69) is 4.98 Å². The number of thioether (sulfide) groups is 1. The van der Waals surface area contributed by atoms with Crippen LogP contribution in [-0.2, 0) is 0 Å². The van der Waals surface area contributed by atoms with E-state index in [9.17, 15) is 13.2 Å². The Morgan fingerprint density at radius 1 is 1.53 bits per heavy atom. The topological polar surface area (TPSA) is 75.9 Å². The normalized spacial score (nSPS) is 13.7. The second-order valence-corrected chi connectivity index (χ2v) is 4.45. The molecule has 8 heteroatoms. The molecule has 1 aromatic heterocycles. The molecule has 1 unspecified atom stereocenters. The first-order valence-electron chi connectivity index (χ1n) is 4.69. The monoisotopic (exact) mass is 267 g/mol. The van der Waals surface area contributed by atoms with E-state index >= 15 is 0 Å². The zero-order valence-electron chi connectivity index (χ0n) is 9.26. The third-order valence-corrected chi connectivity index (χ3v) is 3.07. The molecule has 17 heavy (non-hydrogen) atoms. The molecule has 0 saturated carbocycles. The van der Waals surface area contributed by atoms with Crippen molar-refractivity contribution >= 4 is 17.6 Å². The summed E-state index contributed by atoms with van der Waals surface area (Å²) >= 11 is 0.800. The van der Waals surface area contributed by atoms with E-state index in [0.29, 0.717) is 11.5 Å². The van der Waals surface area contributed by atoms with Gasteiger partial charge in [-0.3, -0.25) is 5.41 Å². The molecule has 0 spiro atoms. The second-order valence-electron chi connectivity index (χ2n) is 3.48. The van der Waals surface area contributed by atoms with E-state index in [-0.39, 0.29) is 5.22 Å². The fraction of sp³-hybridized carbons (Fsp3) is 0.556. The number of nitrogens with two attached hydrogens (primary N) is 1. The highest BCUT2D eigenvalue weighted by Gasteiger charge is 2.42. The van der Waals surface area contributed by atoms with E-state index in [0.717, 1.165) is 11.8 Å². The van der Waals surface area contributed by atoms with Gasteiger partial charge in [-0.05, 0) is 13.8 Å². The molecule has 0 aliphatic carbocycles. The Kier molecular flexibility index (Phi) is 4.07. The fourth-order valence-electron chi connectivity index (χ4n) is 1.02. The van der Waals surface area contributed by atoms with Crippen LogP contribution < -0.4 is 5.73 Å². The molecule has 0 saturated heterocycles. The van der Waals surface area contributed by atoms with Crippen molar-refractivity contribution < 1.29 is 17.6 Å². The first-order valence-corrected chi connectivity index (χ1v) is 5.68. The molecule has 4 nitrogen and oxygen atoms in total. The van der Waals surface area contributed by atoms with Gasteiger partial charge >= 0.3 is 6.18 Å². The molecule has 1 aromatic rings. The SMILES string of the molecule is Cc1nc(SCC(C(=N)N)C(F)(F)F)oc1C. The molecule has 1 rings (SSSR count). The van der Waals surface area contributed by atoms with Gasteiger partial charge in [-0.1, -0.05) is 11.8 Å². The number of nitrogens with one attached hydrogen (secondary N) is 1. The number of nitrogens with zero attached hydrogens (tertiary/aromatic N) is 1. The molecule has 0 aliphatic rings. The number of hydrogen-bond donors (Lipinski definition) is 2. The predicted octanol–water partition coefficient (Wildman–Crippen LogP) is 2.50. The lowest BCUT2D eigenvalue weighted by Crippen LogP contribution is -2.36. The number of halogens is 3. The molecule has 0 aromatic carbocycles. The maximum Gasteiger partial charge on any atom is 0.399 e.